The van der Waals surface area contributed by atoms with Crippen LogP contribution < -0.4 is 0 Å². The summed E-state index contributed by atoms with van der Waals surface area (Å²) in [7, 11) is 1.28. The average molecular weight is 407 g/mol. The number of nitriles is 1. The molecule has 0 unspecified atom stereocenters. The van der Waals surface area contributed by atoms with Gasteiger partial charge in [0.2, 0.25) is 0 Å². The molecule has 31 heavy (non-hydrogen) atoms. The number of methoxy groups -OCH3 is 1. The van der Waals surface area contributed by atoms with Gasteiger partial charge in [-0.3, -0.25) is 4.79 Å². The zero-order valence-corrected chi connectivity index (χ0v) is 17.1. The smallest absolute Gasteiger partial charge is 0.331 e. The number of Topliss-reactive ketones (excluding diaryl/α,β-unsaturated/α-hetero) is 1. The van der Waals surface area contributed by atoms with E-state index < -0.39 is 17.3 Å². The van der Waals surface area contributed by atoms with E-state index in [4.69, 9.17) is 4.74 Å². The molecule has 0 heterocycles. The highest BCUT2D eigenvalue weighted by Crippen LogP contribution is 2.57. The number of ketones is 1. The molecule has 0 bridgehead atoms. The van der Waals surface area contributed by atoms with Crippen molar-refractivity contribution in [1.29, 1.82) is 5.26 Å². The summed E-state index contributed by atoms with van der Waals surface area (Å²) in [5, 5.41) is 10.4. The molecule has 0 radical (unpaired) electrons. The first-order valence-corrected chi connectivity index (χ1v) is 10.1. The molecule has 0 amide bonds. The van der Waals surface area contributed by atoms with E-state index >= 15 is 0 Å². The minimum Gasteiger partial charge on any atom is -0.468 e. The van der Waals surface area contributed by atoms with E-state index in [1.54, 1.807) is 24.3 Å². The number of hydrogen-bond donors (Lipinski definition) is 0. The van der Waals surface area contributed by atoms with Gasteiger partial charge in [-0.2, -0.15) is 5.26 Å². The summed E-state index contributed by atoms with van der Waals surface area (Å²) in [5.74, 6) is -1.42. The van der Waals surface area contributed by atoms with Crippen molar-refractivity contribution in [3.63, 3.8) is 0 Å². The molecule has 152 valence electrons. The van der Waals surface area contributed by atoms with Gasteiger partial charge in [0, 0.05) is 17.9 Å². The number of fused-ring (bicyclic) bond motifs is 1. The summed E-state index contributed by atoms with van der Waals surface area (Å²) in [4.78, 5) is 26.3. The molecule has 1 aliphatic rings. The minimum atomic E-state index is -1.61. The van der Waals surface area contributed by atoms with Crippen molar-refractivity contribution in [1.82, 2.24) is 0 Å². The molecule has 4 nitrogen and oxygen atoms in total. The van der Waals surface area contributed by atoms with Crippen LogP contribution >= 0.6 is 0 Å². The third-order valence-electron chi connectivity index (χ3n) is 5.85. The maximum Gasteiger partial charge on any atom is 0.331 e. The number of carbonyl (C=O) groups is 2. The Morgan fingerprint density at radius 1 is 0.968 bits per heavy atom. The lowest BCUT2D eigenvalue weighted by atomic mass is 9.71. The van der Waals surface area contributed by atoms with Gasteiger partial charge in [-0.15, -0.1) is 0 Å². The Bertz CT molecular complexity index is 1190. The lowest BCUT2D eigenvalue weighted by molar-refractivity contribution is -0.147. The number of esters is 1. The lowest BCUT2D eigenvalue weighted by Gasteiger charge is -2.27. The van der Waals surface area contributed by atoms with Crippen LogP contribution in [0.2, 0.25) is 0 Å². The molecule has 4 rings (SSSR count). The first-order valence-electron chi connectivity index (χ1n) is 10.1. The van der Waals surface area contributed by atoms with E-state index in [0.29, 0.717) is 11.1 Å². The molecule has 0 aromatic heterocycles. The molecule has 2 atom stereocenters. The van der Waals surface area contributed by atoms with E-state index in [9.17, 15) is 14.9 Å². The second-order valence-corrected chi connectivity index (χ2v) is 7.51. The van der Waals surface area contributed by atoms with Crippen LogP contribution in [0.1, 0.15) is 39.4 Å². The predicted molar refractivity (Wildman–Crippen MR) is 119 cm³/mol. The van der Waals surface area contributed by atoms with Gasteiger partial charge in [0.05, 0.1) is 13.2 Å². The first-order chi connectivity index (χ1) is 15.1. The van der Waals surface area contributed by atoms with Gasteiger partial charge < -0.3 is 4.74 Å². The van der Waals surface area contributed by atoms with Crippen LogP contribution in [0.25, 0.3) is 11.6 Å². The topological polar surface area (TPSA) is 67.2 Å². The number of ether oxygens (including phenoxy) is 1. The van der Waals surface area contributed by atoms with Crippen molar-refractivity contribution < 1.29 is 14.3 Å². The highest BCUT2D eigenvalue weighted by molar-refractivity contribution is 6.07. The Hall–Kier alpha value is -3.97. The van der Waals surface area contributed by atoms with Crippen molar-refractivity contribution in [3.05, 3.63) is 107 Å². The molecular weight excluding hydrogens is 386 g/mol. The predicted octanol–water partition coefficient (Wildman–Crippen LogP) is 5.28. The second-order valence-electron chi connectivity index (χ2n) is 7.51. The van der Waals surface area contributed by atoms with Gasteiger partial charge in [-0.05, 0) is 28.3 Å². The summed E-state index contributed by atoms with van der Waals surface area (Å²) in [6, 6.07) is 28.2. The van der Waals surface area contributed by atoms with Crippen LogP contribution in [-0.2, 0) is 9.53 Å². The molecule has 3 aromatic carbocycles. The third-order valence-corrected chi connectivity index (χ3v) is 5.85. The Morgan fingerprint density at radius 3 is 2.23 bits per heavy atom. The first kappa shape index (κ1) is 20.3. The van der Waals surface area contributed by atoms with Crippen molar-refractivity contribution in [2.45, 2.75) is 12.3 Å². The molecular formula is C27H21NO3. The van der Waals surface area contributed by atoms with E-state index in [0.717, 1.165) is 16.7 Å². The molecule has 0 N–H and O–H groups in total. The zero-order chi connectivity index (χ0) is 21.8. The van der Waals surface area contributed by atoms with Crippen molar-refractivity contribution in [2.24, 2.45) is 5.41 Å². The van der Waals surface area contributed by atoms with Gasteiger partial charge >= 0.3 is 5.97 Å². The molecule has 3 aromatic rings. The van der Waals surface area contributed by atoms with E-state index in [1.807, 2.05) is 66.7 Å². The van der Waals surface area contributed by atoms with E-state index in [-0.39, 0.29) is 12.2 Å². The maximum absolute atomic E-state index is 13.2. The Labute approximate surface area is 181 Å². The standard InChI is InChI=1S/C27H21NO3/c1-31-26(30)27(18-28)23(16-19-10-4-2-5-11-19)21-14-8-9-15-22(21)24(27)17-25(29)20-12-6-3-7-13-20/h2-16,24H,17H2,1H3/b23-16-/t24-,27-/m1/s1. The van der Waals surface area contributed by atoms with E-state index in [2.05, 4.69) is 6.07 Å². The van der Waals surface area contributed by atoms with Crippen LogP contribution in [-0.4, -0.2) is 18.9 Å². The van der Waals surface area contributed by atoms with Gasteiger partial charge in [0.15, 0.2) is 11.2 Å². The van der Waals surface area contributed by atoms with Crippen LogP contribution in [0.5, 0.6) is 0 Å². The molecule has 0 spiro atoms. The molecule has 1 aliphatic carbocycles. The highest BCUT2D eigenvalue weighted by atomic mass is 16.5. The largest absolute Gasteiger partial charge is 0.468 e. The van der Waals surface area contributed by atoms with Gasteiger partial charge in [0.1, 0.15) is 0 Å². The summed E-state index contributed by atoms with van der Waals surface area (Å²) in [6.45, 7) is 0. The fraction of sp³-hybridized carbons (Fsp3) is 0.148. The maximum atomic E-state index is 13.2. The second kappa shape index (κ2) is 8.41. The normalized spacial score (nSPS) is 20.6. The van der Waals surface area contributed by atoms with Gasteiger partial charge in [-0.25, -0.2) is 4.79 Å². The Morgan fingerprint density at radius 2 is 1.58 bits per heavy atom. The molecule has 0 fully saturated rings. The van der Waals surface area contributed by atoms with Gasteiger partial charge in [0.25, 0.3) is 0 Å². The van der Waals surface area contributed by atoms with Crippen molar-refractivity contribution >= 4 is 23.4 Å². The average Bonchev–Trinajstić information content (AvgIpc) is 3.09. The molecule has 0 aliphatic heterocycles. The fourth-order valence-corrected chi connectivity index (χ4v) is 4.37. The van der Waals surface area contributed by atoms with Gasteiger partial charge in [-0.1, -0.05) is 84.9 Å². The van der Waals surface area contributed by atoms with Crippen LogP contribution in [0.15, 0.2) is 84.9 Å². The zero-order valence-electron chi connectivity index (χ0n) is 17.1. The Balaban J connectivity index is 1.91. The third kappa shape index (κ3) is 3.45. The molecule has 4 heteroatoms. The van der Waals surface area contributed by atoms with Crippen LogP contribution in [0, 0.1) is 16.7 Å². The fourth-order valence-electron chi connectivity index (χ4n) is 4.37. The Kier molecular flexibility index (Phi) is 5.51. The summed E-state index contributed by atoms with van der Waals surface area (Å²) >= 11 is 0. The lowest BCUT2D eigenvalue weighted by Crippen LogP contribution is -2.35. The summed E-state index contributed by atoms with van der Waals surface area (Å²) in [5.41, 5.74) is 1.97. The SMILES string of the molecule is COC(=O)[C@]1(C#N)/C(=C\c2ccccc2)c2ccccc2[C@H]1CC(=O)c1ccccc1. The highest BCUT2D eigenvalue weighted by Gasteiger charge is 2.57. The summed E-state index contributed by atoms with van der Waals surface area (Å²) in [6.07, 6.45) is 1.88. The summed E-state index contributed by atoms with van der Waals surface area (Å²) < 4.78 is 5.13. The number of benzene rings is 3. The number of carbonyl (C=O) groups excluding carboxylic acids is 2. The van der Waals surface area contributed by atoms with Crippen LogP contribution in [0.3, 0.4) is 0 Å². The minimum absolute atomic E-state index is 0.0236. The number of nitrogens with zero attached hydrogens (tertiary/aromatic N) is 1. The quantitative estimate of drug-likeness (QED) is 0.426. The van der Waals surface area contributed by atoms with Crippen molar-refractivity contribution in [3.8, 4) is 6.07 Å². The van der Waals surface area contributed by atoms with Crippen molar-refractivity contribution in [2.75, 3.05) is 7.11 Å². The number of hydrogen-bond acceptors (Lipinski definition) is 4. The van der Waals surface area contributed by atoms with Crippen LogP contribution in [0.4, 0.5) is 0 Å². The monoisotopic (exact) mass is 407 g/mol. The molecule has 0 saturated heterocycles. The molecule has 0 saturated carbocycles. The van der Waals surface area contributed by atoms with E-state index in [1.165, 1.54) is 7.11 Å². The number of rotatable bonds is 5.